The minimum atomic E-state index is 0.544. The van der Waals surface area contributed by atoms with Gasteiger partial charge in [0, 0.05) is 3.57 Å². The molecule has 3 heteroatoms. The molecule has 3 aromatic carbocycles. The summed E-state index contributed by atoms with van der Waals surface area (Å²) < 4.78 is 6.94. The number of nitriles is 1. The molecular formula is C22H16INO. The third-order valence-corrected chi connectivity index (χ3v) is 4.43. The molecule has 2 nitrogen and oxygen atoms in total. The molecule has 0 aliphatic heterocycles. The normalized spacial score (nSPS) is 11.0. The second-order valence-electron chi connectivity index (χ2n) is 5.52. The van der Waals surface area contributed by atoms with Crippen molar-refractivity contribution in [2.45, 2.75) is 6.61 Å². The lowest BCUT2D eigenvalue weighted by molar-refractivity contribution is 0.306. The maximum absolute atomic E-state index is 9.43. The molecule has 0 saturated heterocycles. The zero-order chi connectivity index (χ0) is 17.5. The molecule has 3 aromatic rings. The van der Waals surface area contributed by atoms with E-state index in [2.05, 4.69) is 28.7 Å². The maximum atomic E-state index is 9.43. The van der Waals surface area contributed by atoms with E-state index in [1.807, 2.05) is 84.9 Å². The standard InChI is InChI=1S/C22H16INO/c23-21-10-8-19(9-11-21)20(15-24)14-17-6-12-22(13-7-17)25-16-18-4-2-1-3-5-18/h1-14H,16H2/b20-14-. The number of hydrogen-bond donors (Lipinski definition) is 0. The van der Waals surface area contributed by atoms with E-state index < -0.39 is 0 Å². The van der Waals surface area contributed by atoms with Crippen molar-refractivity contribution < 1.29 is 4.74 Å². The SMILES string of the molecule is N#C/C(=C/c1ccc(OCc2ccccc2)cc1)c1ccc(I)cc1. The van der Waals surface area contributed by atoms with Gasteiger partial charge in [0.05, 0.1) is 11.6 Å². The molecule has 0 N–H and O–H groups in total. The van der Waals surface area contributed by atoms with Gasteiger partial charge in [-0.15, -0.1) is 0 Å². The lowest BCUT2D eigenvalue weighted by atomic mass is 10.0. The second-order valence-corrected chi connectivity index (χ2v) is 6.77. The van der Waals surface area contributed by atoms with Crippen molar-refractivity contribution in [1.29, 1.82) is 5.26 Å². The average Bonchev–Trinajstić information content (AvgIpc) is 2.67. The van der Waals surface area contributed by atoms with Gasteiger partial charge in [-0.25, -0.2) is 0 Å². The van der Waals surface area contributed by atoms with Gasteiger partial charge in [-0.2, -0.15) is 5.26 Å². The Bertz CT molecular complexity index is 892. The van der Waals surface area contributed by atoms with Crippen LogP contribution in [0.15, 0.2) is 78.9 Å². The predicted octanol–water partition coefficient (Wildman–Crippen LogP) is 5.93. The molecule has 0 aromatic heterocycles. The molecule has 122 valence electrons. The van der Waals surface area contributed by atoms with Gasteiger partial charge in [-0.3, -0.25) is 0 Å². The fourth-order valence-corrected chi connectivity index (χ4v) is 2.74. The van der Waals surface area contributed by atoms with Crippen molar-refractivity contribution in [3.63, 3.8) is 0 Å². The number of hydrogen-bond acceptors (Lipinski definition) is 2. The minimum absolute atomic E-state index is 0.544. The van der Waals surface area contributed by atoms with Gasteiger partial charge in [0.25, 0.3) is 0 Å². The van der Waals surface area contributed by atoms with Crippen molar-refractivity contribution in [3.05, 3.63) is 99.1 Å². The number of rotatable bonds is 5. The summed E-state index contributed by atoms with van der Waals surface area (Å²) in [4.78, 5) is 0. The second kappa shape index (κ2) is 8.50. The number of benzene rings is 3. The average molecular weight is 437 g/mol. The summed E-state index contributed by atoms with van der Waals surface area (Å²) >= 11 is 2.25. The van der Waals surface area contributed by atoms with Crippen molar-refractivity contribution in [2.24, 2.45) is 0 Å². The molecule has 0 radical (unpaired) electrons. The van der Waals surface area contributed by atoms with Crippen LogP contribution in [0.3, 0.4) is 0 Å². The number of allylic oxidation sites excluding steroid dienone is 1. The highest BCUT2D eigenvalue weighted by Gasteiger charge is 2.02. The summed E-state index contributed by atoms with van der Waals surface area (Å²) in [5, 5.41) is 9.43. The lowest BCUT2D eigenvalue weighted by Crippen LogP contribution is -1.94. The molecule has 0 bridgehead atoms. The Balaban J connectivity index is 1.71. The summed E-state index contributed by atoms with van der Waals surface area (Å²) in [6.45, 7) is 0.544. The van der Waals surface area contributed by atoms with Crippen molar-refractivity contribution in [3.8, 4) is 11.8 Å². The minimum Gasteiger partial charge on any atom is -0.489 e. The van der Waals surface area contributed by atoms with Crippen molar-refractivity contribution >= 4 is 34.2 Å². The molecule has 0 spiro atoms. The van der Waals surface area contributed by atoms with Gasteiger partial charge >= 0.3 is 0 Å². The third kappa shape index (κ3) is 4.94. The highest BCUT2D eigenvalue weighted by Crippen LogP contribution is 2.21. The Morgan fingerprint density at radius 3 is 2.24 bits per heavy atom. The van der Waals surface area contributed by atoms with Crippen molar-refractivity contribution in [1.82, 2.24) is 0 Å². The van der Waals surface area contributed by atoms with Crippen LogP contribution in [0.25, 0.3) is 11.6 Å². The number of halogens is 1. The molecule has 25 heavy (non-hydrogen) atoms. The molecule has 0 aliphatic rings. The van der Waals surface area contributed by atoms with E-state index in [0.29, 0.717) is 12.2 Å². The first-order valence-corrected chi connectivity index (χ1v) is 8.97. The number of ether oxygens (including phenoxy) is 1. The zero-order valence-electron chi connectivity index (χ0n) is 13.5. The molecule has 0 amide bonds. The van der Waals surface area contributed by atoms with Gasteiger partial charge in [0.2, 0.25) is 0 Å². The third-order valence-electron chi connectivity index (χ3n) is 3.72. The molecule has 0 heterocycles. The van der Waals surface area contributed by atoms with Crippen LogP contribution in [0.2, 0.25) is 0 Å². The molecule has 0 fully saturated rings. The van der Waals surface area contributed by atoms with E-state index in [1.165, 1.54) is 0 Å². The summed E-state index contributed by atoms with van der Waals surface area (Å²) in [6.07, 6.45) is 1.89. The van der Waals surface area contributed by atoms with Crippen LogP contribution in [0.5, 0.6) is 5.75 Å². The smallest absolute Gasteiger partial charge is 0.119 e. The van der Waals surface area contributed by atoms with Gasteiger partial charge in [-0.1, -0.05) is 54.6 Å². The number of nitrogens with zero attached hydrogens (tertiary/aromatic N) is 1. The molecule has 0 unspecified atom stereocenters. The van der Waals surface area contributed by atoms with Crippen LogP contribution in [0.4, 0.5) is 0 Å². The van der Waals surface area contributed by atoms with E-state index in [1.54, 1.807) is 0 Å². The Kier molecular flexibility index (Phi) is 5.86. The highest BCUT2D eigenvalue weighted by atomic mass is 127. The summed E-state index contributed by atoms with van der Waals surface area (Å²) in [5.41, 5.74) is 3.68. The van der Waals surface area contributed by atoms with Gasteiger partial charge in [-0.05, 0) is 69.6 Å². The monoisotopic (exact) mass is 437 g/mol. The van der Waals surface area contributed by atoms with Gasteiger partial charge in [0.15, 0.2) is 0 Å². The Morgan fingerprint density at radius 2 is 1.60 bits per heavy atom. The van der Waals surface area contributed by atoms with E-state index in [0.717, 1.165) is 26.0 Å². The van der Waals surface area contributed by atoms with E-state index in [-0.39, 0.29) is 0 Å². The Hall–Kier alpha value is -2.58. The molecule has 0 atom stereocenters. The summed E-state index contributed by atoms with van der Waals surface area (Å²) in [6, 6.07) is 28.1. The summed E-state index contributed by atoms with van der Waals surface area (Å²) in [5.74, 6) is 0.814. The zero-order valence-corrected chi connectivity index (χ0v) is 15.7. The van der Waals surface area contributed by atoms with Crippen LogP contribution < -0.4 is 4.74 Å². The Morgan fingerprint density at radius 1 is 0.920 bits per heavy atom. The quantitative estimate of drug-likeness (QED) is 0.282. The molecule has 3 rings (SSSR count). The van der Waals surface area contributed by atoms with Gasteiger partial charge in [0.1, 0.15) is 12.4 Å². The van der Waals surface area contributed by atoms with E-state index >= 15 is 0 Å². The fourth-order valence-electron chi connectivity index (χ4n) is 2.38. The van der Waals surface area contributed by atoms with E-state index in [9.17, 15) is 5.26 Å². The van der Waals surface area contributed by atoms with Crippen LogP contribution in [-0.4, -0.2) is 0 Å². The largest absolute Gasteiger partial charge is 0.489 e. The topological polar surface area (TPSA) is 33.0 Å². The molecule has 0 aliphatic carbocycles. The molecular weight excluding hydrogens is 421 g/mol. The van der Waals surface area contributed by atoms with Crippen LogP contribution in [0.1, 0.15) is 16.7 Å². The highest BCUT2D eigenvalue weighted by molar-refractivity contribution is 14.1. The Labute approximate surface area is 161 Å². The van der Waals surface area contributed by atoms with E-state index in [4.69, 9.17) is 4.74 Å². The van der Waals surface area contributed by atoms with Crippen LogP contribution >= 0.6 is 22.6 Å². The lowest BCUT2D eigenvalue weighted by Gasteiger charge is -2.06. The molecule has 0 saturated carbocycles. The van der Waals surface area contributed by atoms with Crippen molar-refractivity contribution in [2.75, 3.05) is 0 Å². The first-order chi connectivity index (χ1) is 12.2. The first-order valence-electron chi connectivity index (χ1n) is 7.89. The predicted molar refractivity (Wildman–Crippen MR) is 110 cm³/mol. The fraction of sp³-hybridized carbons (Fsp3) is 0.0455. The van der Waals surface area contributed by atoms with Crippen LogP contribution in [0, 0.1) is 14.9 Å². The maximum Gasteiger partial charge on any atom is 0.119 e. The first kappa shape index (κ1) is 17.2. The van der Waals surface area contributed by atoms with Gasteiger partial charge < -0.3 is 4.74 Å². The van der Waals surface area contributed by atoms with Crippen LogP contribution in [-0.2, 0) is 6.61 Å². The summed E-state index contributed by atoms with van der Waals surface area (Å²) in [7, 11) is 0.